The maximum absolute atomic E-state index is 12.8. The van der Waals surface area contributed by atoms with Gasteiger partial charge in [-0.05, 0) is 42.5 Å². The largest absolute Gasteiger partial charge is 0.507 e. The summed E-state index contributed by atoms with van der Waals surface area (Å²) in [5, 5.41) is 15.9. The average Bonchev–Trinajstić information content (AvgIpc) is 2.58. The van der Waals surface area contributed by atoms with Gasteiger partial charge in [-0.15, -0.1) is 0 Å². The molecule has 0 heterocycles. The summed E-state index contributed by atoms with van der Waals surface area (Å²) in [5.74, 6) is -1.18. The standard InChI is InChI=1S/C17H15BrFN3O3/c18-12-1-6-15(23)11(9-12)10-20-22-17(25)8-7-16(24)21-14-4-2-13(19)3-5-14/h1-6,9-10,23H,7-8H2,(H,21,24)(H,22,25)/b20-10-. The Bertz CT molecular complexity index is 794. The second-order valence-corrected chi connectivity index (χ2v) is 5.97. The van der Waals surface area contributed by atoms with Crippen molar-refractivity contribution in [2.45, 2.75) is 12.8 Å². The molecular formula is C17H15BrFN3O3. The van der Waals surface area contributed by atoms with Crippen LogP contribution in [0.4, 0.5) is 10.1 Å². The van der Waals surface area contributed by atoms with Crippen molar-refractivity contribution in [1.29, 1.82) is 0 Å². The number of amides is 2. The molecule has 0 aliphatic rings. The zero-order chi connectivity index (χ0) is 18.2. The number of hydrogen-bond acceptors (Lipinski definition) is 4. The zero-order valence-electron chi connectivity index (χ0n) is 13.0. The summed E-state index contributed by atoms with van der Waals surface area (Å²) in [7, 11) is 0. The van der Waals surface area contributed by atoms with Crippen molar-refractivity contribution >= 4 is 39.6 Å². The van der Waals surface area contributed by atoms with Crippen LogP contribution in [0, 0.1) is 5.82 Å². The number of carbonyl (C=O) groups is 2. The predicted molar refractivity (Wildman–Crippen MR) is 95.8 cm³/mol. The van der Waals surface area contributed by atoms with Gasteiger partial charge in [0, 0.05) is 28.6 Å². The van der Waals surface area contributed by atoms with Crippen LogP contribution in [0.3, 0.4) is 0 Å². The van der Waals surface area contributed by atoms with Crippen LogP contribution < -0.4 is 10.7 Å². The van der Waals surface area contributed by atoms with Crippen LogP contribution in [-0.4, -0.2) is 23.1 Å². The lowest BCUT2D eigenvalue weighted by molar-refractivity contribution is -0.124. The number of carbonyl (C=O) groups excluding carboxylic acids is 2. The molecule has 3 N–H and O–H groups in total. The molecule has 2 aromatic carbocycles. The Morgan fingerprint density at radius 3 is 2.52 bits per heavy atom. The molecule has 0 bridgehead atoms. The minimum atomic E-state index is -0.444. The Morgan fingerprint density at radius 1 is 1.12 bits per heavy atom. The molecule has 0 aromatic heterocycles. The molecule has 0 aliphatic heterocycles. The van der Waals surface area contributed by atoms with E-state index < -0.39 is 11.7 Å². The van der Waals surface area contributed by atoms with Crippen molar-refractivity contribution < 1.29 is 19.1 Å². The van der Waals surface area contributed by atoms with E-state index in [1.165, 1.54) is 36.5 Å². The monoisotopic (exact) mass is 407 g/mol. The lowest BCUT2D eigenvalue weighted by atomic mass is 10.2. The molecule has 2 aromatic rings. The third-order valence-electron chi connectivity index (χ3n) is 3.09. The van der Waals surface area contributed by atoms with E-state index in [0.29, 0.717) is 11.3 Å². The van der Waals surface area contributed by atoms with Gasteiger partial charge in [0.25, 0.3) is 0 Å². The Balaban J connectivity index is 1.76. The lowest BCUT2D eigenvalue weighted by Crippen LogP contribution is -2.20. The highest BCUT2D eigenvalue weighted by molar-refractivity contribution is 9.10. The quantitative estimate of drug-likeness (QED) is 0.507. The van der Waals surface area contributed by atoms with Crippen molar-refractivity contribution in [2.75, 3.05) is 5.32 Å². The number of nitrogens with one attached hydrogen (secondary N) is 2. The second kappa shape index (κ2) is 8.93. The van der Waals surface area contributed by atoms with Crippen molar-refractivity contribution in [3.8, 4) is 5.75 Å². The normalized spacial score (nSPS) is 10.6. The molecule has 2 amide bonds. The summed E-state index contributed by atoms with van der Waals surface area (Å²) in [4.78, 5) is 23.4. The van der Waals surface area contributed by atoms with Crippen LogP contribution in [0.15, 0.2) is 52.0 Å². The third kappa shape index (κ3) is 6.34. The number of halogens is 2. The smallest absolute Gasteiger partial charge is 0.240 e. The number of aromatic hydroxyl groups is 1. The summed E-state index contributed by atoms with van der Waals surface area (Å²) < 4.78 is 13.5. The van der Waals surface area contributed by atoms with Gasteiger partial charge in [0.15, 0.2) is 0 Å². The van der Waals surface area contributed by atoms with Crippen LogP contribution in [0.1, 0.15) is 18.4 Å². The van der Waals surface area contributed by atoms with E-state index in [4.69, 9.17) is 0 Å². The Labute approximate surface area is 151 Å². The van der Waals surface area contributed by atoms with Gasteiger partial charge >= 0.3 is 0 Å². The summed E-state index contributed by atoms with van der Waals surface area (Å²) in [6.45, 7) is 0. The molecule has 0 saturated heterocycles. The van der Waals surface area contributed by atoms with Gasteiger partial charge in [-0.3, -0.25) is 9.59 Å². The molecule has 0 spiro atoms. The van der Waals surface area contributed by atoms with Gasteiger partial charge in [-0.25, -0.2) is 9.82 Å². The van der Waals surface area contributed by atoms with Crippen LogP contribution >= 0.6 is 15.9 Å². The zero-order valence-corrected chi connectivity index (χ0v) is 14.6. The van der Waals surface area contributed by atoms with Gasteiger partial charge < -0.3 is 10.4 Å². The molecule has 2 rings (SSSR count). The first-order valence-corrected chi connectivity index (χ1v) is 8.09. The molecular weight excluding hydrogens is 393 g/mol. The van der Waals surface area contributed by atoms with Crippen molar-refractivity contribution in [2.24, 2.45) is 5.10 Å². The predicted octanol–water partition coefficient (Wildman–Crippen LogP) is 3.16. The number of phenolic OH excluding ortho intramolecular Hbond substituents is 1. The summed E-state index contributed by atoms with van der Waals surface area (Å²) in [6, 6.07) is 10.1. The first-order valence-electron chi connectivity index (χ1n) is 7.30. The fourth-order valence-corrected chi connectivity index (χ4v) is 2.22. The van der Waals surface area contributed by atoms with Crippen LogP contribution in [0.25, 0.3) is 0 Å². The number of hydrogen-bond donors (Lipinski definition) is 3. The molecule has 25 heavy (non-hydrogen) atoms. The molecule has 0 saturated carbocycles. The van der Waals surface area contributed by atoms with Crippen molar-refractivity contribution in [3.05, 3.63) is 58.3 Å². The van der Waals surface area contributed by atoms with Crippen LogP contribution in [-0.2, 0) is 9.59 Å². The number of nitrogens with zero attached hydrogens (tertiary/aromatic N) is 1. The first-order chi connectivity index (χ1) is 11.9. The number of anilines is 1. The Morgan fingerprint density at radius 2 is 1.80 bits per heavy atom. The molecule has 0 atom stereocenters. The highest BCUT2D eigenvalue weighted by Gasteiger charge is 2.07. The number of benzene rings is 2. The fourth-order valence-electron chi connectivity index (χ4n) is 1.84. The fraction of sp³-hybridized carbons (Fsp3) is 0.118. The number of rotatable bonds is 6. The van der Waals surface area contributed by atoms with Crippen LogP contribution in [0.5, 0.6) is 5.75 Å². The first kappa shape index (κ1) is 18.6. The van der Waals surface area contributed by atoms with E-state index in [2.05, 4.69) is 31.8 Å². The highest BCUT2D eigenvalue weighted by Crippen LogP contribution is 2.19. The van der Waals surface area contributed by atoms with E-state index in [0.717, 1.165) is 4.47 Å². The average molecular weight is 408 g/mol. The van der Waals surface area contributed by atoms with E-state index in [1.54, 1.807) is 12.1 Å². The van der Waals surface area contributed by atoms with E-state index in [-0.39, 0.29) is 24.5 Å². The molecule has 130 valence electrons. The second-order valence-electron chi connectivity index (χ2n) is 5.05. The van der Waals surface area contributed by atoms with Gasteiger partial charge in [0.05, 0.1) is 6.21 Å². The van der Waals surface area contributed by atoms with Gasteiger partial charge in [0.1, 0.15) is 11.6 Å². The van der Waals surface area contributed by atoms with Crippen molar-refractivity contribution in [1.82, 2.24) is 5.43 Å². The minimum absolute atomic E-state index is 0.0277. The Kier molecular flexibility index (Phi) is 6.64. The lowest BCUT2D eigenvalue weighted by Gasteiger charge is -2.04. The SMILES string of the molecule is O=C(CCC(=O)Nc1ccc(F)cc1)N/N=C\c1cc(Br)ccc1O. The van der Waals surface area contributed by atoms with E-state index in [1.807, 2.05) is 0 Å². The van der Waals surface area contributed by atoms with Crippen LogP contribution in [0.2, 0.25) is 0 Å². The summed E-state index contributed by atoms with van der Waals surface area (Å²) >= 11 is 3.26. The Hall–Kier alpha value is -2.74. The molecule has 0 aliphatic carbocycles. The van der Waals surface area contributed by atoms with E-state index >= 15 is 0 Å². The number of phenols is 1. The highest BCUT2D eigenvalue weighted by atomic mass is 79.9. The molecule has 0 radical (unpaired) electrons. The van der Waals surface area contributed by atoms with E-state index in [9.17, 15) is 19.1 Å². The maximum atomic E-state index is 12.8. The van der Waals surface area contributed by atoms with Gasteiger partial charge in [-0.1, -0.05) is 15.9 Å². The minimum Gasteiger partial charge on any atom is -0.507 e. The topological polar surface area (TPSA) is 90.8 Å². The maximum Gasteiger partial charge on any atom is 0.240 e. The third-order valence-corrected chi connectivity index (χ3v) is 3.58. The molecule has 8 heteroatoms. The van der Waals surface area contributed by atoms with Gasteiger partial charge in [0.2, 0.25) is 11.8 Å². The molecule has 6 nitrogen and oxygen atoms in total. The molecule has 0 unspecified atom stereocenters. The van der Waals surface area contributed by atoms with Gasteiger partial charge in [-0.2, -0.15) is 5.10 Å². The summed E-state index contributed by atoms with van der Waals surface area (Å²) in [6.07, 6.45) is 1.20. The summed E-state index contributed by atoms with van der Waals surface area (Å²) in [5.41, 5.74) is 3.17. The van der Waals surface area contributed by atoms with Crippen molar-refractivity contribution in [3.63, 3.8) is 0 Å². The number of hydrazone groups is 1. The molecule has 0 fully saturated rings.